The molecule has 0 spiro atoms. The third kappa shape index (κ3) is 3.41. The normalized spacial score (nSPS) is 15.3. The fraction of sp³-hybridized carbons (Fsp3) is 0.353. The van der Waals surface area contributed by atoms with E-state index in [1.165, 1.54) is 5.56 Å². The Hall–Kier alpha value is -2.45. The SMILES string of the molecule is Cc1cc(C2CCOCC2)cc(Nc2cc(C#N)ccn2)n1. The molecule has 0 amide bonds. The number of anilines is 2. The maximum Gasteiger partial charge on any atom is 0.132 e. The summed E-state index contributed by atoms with van der Waals surface area (Å²) < 4.78 is 5.43. The molecule has 1 N–H and O–H groups in total. The van der Waals surface area contributed by atoms with Crippen molar-refractivity contribution in [3.05, 3.63) is 47.3 Å². The first-order chi connectivity index (χ1) is 10.7. The van der Waals surface area contributed by atoms with E-state index in [1.807, 2.05) is 6.92 Å². The molecule has 3 heterocycles. The van der Waals surface area contributed by atoms with Crippen molar-refractivity contribution in [2.24, 2.45) is 0 Å². The summed E-state index contributed by atoms with van der Waals surface area (Å²) in [7, 11) is 0. The molecule has 0 bridgehead atoms. The average Bonchev–Trinajstić information content (AvgIpc) is 2.55. The number of aromatic nitrogens is 2. The lowest BCUT2D eigenvalue weighted by Gasteiger charge is -2.23. The van der Waals surface area contributed by atoms with Gasteiger partial charge < -0.3 is 10.1 Å². The van der Waals surface area contributed by atoms with E-state index in [1.54, 1.807) is 18.3 Å². The van der Waals surface area contributed by atoms with E-state index in [-0.39, 0.29) is 0 Å². The van der Waals surface area contributed by atoms with Crippen LogP contribution in [0.3, 0.4) is 0 Å². The molecule has 3 rings (SSSR count). The average molecular weight is 294 g/mol. The number of nitrogens with one attached hydrogen (secondary N) is 1. The maximum absolute atomic E-state index is 8.95. The molecular weight excluding hydrogens is 276 g/mol. The van der Waals surface area contributed by atoms with Gasteiger partial charge in [-0.3, -0.25) is 0 Å². The van der Waals surface area contributed by atoms with Crippen molar-refractivity contribution < 1.29 is 4.74 Å². The van der Waals surface area contributed by atoms with E-state index in [2.05, 4.69) is 33.5 Å². The fourth-order valence-electron chi connectivity index (χ4n) is 2.73. The van der Waals surface area contributed by atoms with Crippen LogP contribution in [-0.2, 0) is 4.74 Å². The second kappa shape index (κ2) is 6.54. The summed E-state index contributed by atoms with van der Waals surface area (Å²) in [5, 5.41) is 12.1. The van der Waals surface area contributed by atoms with E-state index in [9.17, 15) is 0 Å². The van der Waals surface area contributed by atoms with E-state index in [0.29, 0.717) is 17.3 Å². The Balaban J connectivity index is 1.84. The molecule has 1 aliphatic rings. The van der Waals surface area contributed by atoms with Gasteiger partial charge in [-0.1, -0.05) is 0 Å². The molecule has 1 fully saturated rings. The molecule has 112 valence electrons. The first-order valence-corrected chi connectivity index (χ1v) is 7.44. The van der Waals surface area contributed by atoms with Crippen LogP contribution in [0.5, 0.6) is 0 Å². The van der Waals surface area contributed by atoms with Crippen LogP contribution in [0, 0.1) is 18.3 Å². The predicted octanol–water partition coefficient (Wildman–Crippen LogP) is 3.29. The number of nitriles is 1. The molecule has 0 saturated carbocycles. The number of rotatable bonds is 3. The lowest BCUT2D eigenvalue weighted by molar-refractivity contribution is 0.0853. The van der Waals surface area contributed by atoms with Gasteiger partial charge in [0.25, 0.3) is 0 Å². The molecule has 5 nitrogen and oxygen atoms in total. The van der Waals surface area contributed by atoms with Crippen LogP contribution in [0.2, 0.25) is 0 Å². The molecular formula is C17H18N4O. The minimum atomic E-state index is 0.523. The Morgan fingerprint density at radius 2 is 2.05 bits per heavy atom. The smallest absolute Gasteiger partial charge is 0.132 e. The van der Waals surface area contributed by atoms with Crippen LogP contribution in [0.15, 0.2) is 30.5 Å². The van der Waals surface area contributed by atoms with Crippen molar-refractivity contribution in [2.45, 2.75) is 25.7 Å². The van der Waals surface area contributed by atoms with Crippen molar-refractivity contribution in [3.63, 3.8) is 0 Å². The van der Waals surface area contributed by atoms with Crippen LogP contribution in [0.4, 0.5) is 11.6 Å². The summed E-state index contributed by atoms with van der Waals surface area (Å²) in [6.45, 7) is 3.63. The summed E-state index contributed by atoms with van der Waals surface area (Å²) in [5.74, 6) is 1.92. The highest BCUT2D eigenvalue weighted by Gasteiger charge is 2.17. The molecule has 22 heavy (non-hydrogen) atoms. The summed E-state index contributed by atoms with van der Waals surface area (Å²) in [6, 6.07) is 9.73. The van der Waals surface area contributed by atoms with Gasteiger partial charge in [0.05, 0.1) is 11.6 Å². The van der Waals surface area contributed by atoms with Crippen molar-refractivity contribution in [1.29, 1.82) is 5.26 Å². The van der Waals surface area contributed by atoms with Gasteiger partial charge in [0, 0.05) is 25.1 Å². The Bertz CT molecular complexity index is 702. The van der Waals surface area contributed by atoms with E-state index >= 15 is 0 Å². The largest absolute Gasteiger partial charge is 0.381 e. The van der Waals surface area contributed by atoms with Crippen LogP contribution in [-0.4, -0.2) is 23.2 Å². The second-order valence-electron chi connectivity index (χ2n) is 5.48. The standard InChI is InChI=1S/C17H18N4O/c1-12-8-15(14-3-6-22-7-4-14)10-17(20-12)21-16-9-13(11-18)2-5-19-16/h2,5,8-10,14H,3-4,6-7H2,1H3,(H,19,20,21). The first kappa shape index (κ1) is 14.5. The number of aryl methyl sites for hydroxylation is 1. The number of nitrogens with zero attached hydrogens (tertiary/aromatic N) is 3. The van der Waals surface area contributed by atoms with Gasteiger partial charge in [-0.15, -0.1) is 0 Å². The van der Waals surface area contributed by atoms with Gasteiger partial charge in [0.2, 0.25) is 0 Å². The van der Waals surface area contributed by atoms with Crippen molar-refractivity contribution in [3.8, 4) is 6.07 Å². The van der Waals surface area contributed by atoms with Gasteiger partial charge in [0.1, 0.15) is 11.6 Å². The van der Waals surface area contributed by atoms with Crippen LogP contribution >= 0.6 is 0 Å². The molecule has 2 aromatic rings. The van der Waals surface area contributed by atoms with E-state index in [4.69, 9.17) is 10.00 Å². The van der Waals surface area contributed by atoms with Crippen molar-refractivity contribution in [1.82, 2.24) is 9.97 Å². The second-order valence-corrected chi connectivity index (χ2v) is 5.48. The van der Waals surface area contributed by atoms with Gasteiger partial charge in [0.15, 0.2) is 0 Å². The molecule has 0 atom stereocenters. The Morgan fingerprint density at radius 1 is 1.23 bits per heavy atom. The molecule has 0 unspecified atom stereocenters. The minimum Gasteiger partial charge on any atom is -0.381 e. The lowest BCUT2D eigenvalue weighted by atomic mass is 9.92. The monoisotopic (exact) mass is 294 g/mol. The van der Waals surface area contributed by atoms with Crippen molar-refractivity contribution in [2.75, 3.05) is 18.5 Å². The van der Waals surface area contributed by atoms with Crippen molar-refractivity contribution >= 4 is 11.6 Å². The number of pyridine rings is 2. The maximum atomic E-state index is 8.95. The molecule has 0 radical (unpaired) electrons. The fourth-order valence-corrected chi connectivity index (χ4v) is 2.73. The topological polar surface area (TPSA) is 70.8 Å². The minimum absolute atomic E-state index is 0.523. The Kier molecular flexibility index (Phi) is 4.31. The lowest BCUT2D eigenvalue weighted by Crippen LogP contribution is -2.14. The zero-order chi connectivity index (χ0) is 15.4. The number of hydrogen-bond donors (Lipinski definition) is 1. The third-order valence-corrected chi connectivity index (χ3v) is 3.81. The van der Waals surface area contributed by atoms with Crippen LogP contribution in [0.1, 0.15) is 35.6 Å². The third-order valence-electron chi connectivity index (χ3n) is 3.81. The highest BCUT2D eigenvalue weighted by molar-refractivity contribution is 5.55. The van der Waals surface area contributed by atoms with Crippen LogP contribution < -0.4 is 5.32 Å². The van der Waals surface area contributed by atoms with Gasteiger partial charge in [-0.2, -0.15) is 5.26 Å². The summed E-state index contributed by atoms with van der Waals surface area (Å²) in [5.41, 5.74) is 2.84. The summed E-state index contributed by atoms with van der Waals surface area (Å²) in [6.07, 6.45) is 3.71. The zero-order valence-corrected chi connectivity index (χ0v) is 12.5. The molecule has 0 aromatic carbocycles. The Morgan fingerprint density at radius 3 is 2.82 bits per heavy atom. The summed E-state index contributed by atoms with van der Waals surface area (Å²) >= 11 is 0. The molecule has 1 aliphatic heterocycles. The number of hydrogen-bond acceptors (Lipinski definition) is 5. The van der Waals surface area contributed by atoms with E-state index < -0.39 is 0 Å². The summed E-state index contributed by atoms with van der Waals surface area (Å²) in [4.78, 5) is 8.75. The molecule has 0 aliphatic carbocycles. The zero-order valence-electron chi connectivity index (χ0n) is 12.5. The van der Waals surface area contributed by atoms with Gasteiger partial charge >= 0.3 is 0 Å². The first-order valence-electron chi connectivity index (χ1n) is 7.44. The Labute approximate surface area is 130 Å². The molecule has 1 saturated heterocycles. The van der Waals surface area contributed by atoms with E-state index in [0.717, 1.165) is 37.6 Å². The number of ether oxygens (including phenoxy) is 1. The highest BCUT2D eigenvalue weighted by Crippen LogP contribution is 2.29. The molecule has 2 aromatic heterocycles. The highest BCUT2D eigenvalue weighted by atomic mass is 16.5. The van der Waals surface area contributed by atoms with Gasteiger partial charge in [-0.05, 0) is 55.5 Å². The predicted molar refractivity (Wildman–Crippen MR) is 84.0 cm³/mol. The quantitative estimate of drug-likeness (QED) is 0.940. The molecule has 5 heteroatoms. The van der Waals surface area contributed by atoms with Crippen LogP contribution in [0.25, 0.3) is 0 Å². The van der Waals surface area contributed by atoms with Gasteiger partial charge in [-0.25, -0.2) is 9.97 Å².